The molecule has 0 saturated carbocycles. The van der Waals surface area contributed by atoms with E-state index in [9.17, 15) is 4.79 Å². The quantitative estimate of drug-likeness (QED) is 0.0130. The summed E-state index contributed by atoms with van der Waals surface area (Å²) in [6, 6.07) is 77.5. The molecule has 0 aromatic heterocycles. The maximum Gasteiger partial charge on any atom is 0.308 e. The van der Waals surface area contributed by atoms with E-state index in [4.69, 9.17) is 61.6 Å². The summed E-state index contributed by atoms with van der Waals surface area (Å²) in [4.78, 5) is 20.3. The minimum absolute atomic E-state index is 0.261. The minimum Gasteiger partial charge on any atom is -0.491 e. The van der Waals surface area contributed by atoms with Gasteiger partial charge in [-0.1, -0.05) is 109 Å². The molecule has 0 unspecified atom stereocenters. The van der Waals surface area contributed by atoms with E-state index in [1.54, 1.807) is 35.5 Å². The average molecular weight is 1840 g/mol. The van der Waals surface area contributed by atoms with E-state index in [2.05, 4.69) is 200 Å². The molecule has 127 heavy (non-hydrogen) atoms. The molecule has 0 N–H and O–H groups in total. The van der Waals surface area contributed by atoms with Crippen LogP contribution in [0.15, 0.2) is 248 Å². The Morgan fingerprint density at radius 2 is 0.402 bits per heavy atom. The molecule has 6 heterocycles. The van der Waals surface area contributed by atoms with Crippen molar-refractivity contribution in [2.75, 3.05) is 191 Å². The number of fused-ring (bicyclic) bond motifs is 6. The minimum atomic E-state index is -0.261. The number of carbonyl (C=O) groups excluding carboxylic acids is 1. The molecule has 6 saturated heterocycles. The summed E-state index contributed by atoms with van der Waals surface area (Å²) in [6.45, 7) is 8.99. The number of methoxy groups -OCH3 is 5. The van der Waals surface area contributed by atoms with Crippen LogP contribution >= 0.6 is 0 Å². The zero-order chi connectivity index (χ0) is 87.8. The van der Waals surface area contributed by atoms with Crippen LogP contribution in [-0.4, -0.2) is 197 Å². The lowest BCUT2D eigenvalue weighted by atomic mass is 10.1. The maximum absolute atomic E-state index is 11.2. The van der Waals surface area contributed by atoms with Gasteiger partial charge in [-0.15, -0.1) is 0 Å². The molecule has 18 rings (SSSR count). The lowest BCUT2D eigenvalue weighted by Crippen LogP contribution is -2.18. The molecule has 6 fully saturated rings. The Bertz CT molecular complexity index is 5310. The Morgan fingerprint density at radius 3 is 0.630 bits per heavy atom. The molecule has 6 aliphatic rings. The van der Waals surface area contributed by atoms with Gasteiger partial charge in [-0.05, 0) is 206 Å². The highest BCUT2D eigenvalue weighted by molar-refractivity contribution is 7.98. The molecule has 0 radical (unpaired) electrons. The fourth-order valence-corrected chi connectivity index (χ4v) is 32.1. The van der Waals surface area contributed by atoms with Crippen LogP contribution in [0, 0.1) is 0 Å². The van der Waals surface area contributed by atoms with Crippen molar-refractivity contribution in [2.45, 2.75) is 133 Å². The van der Waals surface area contributed by atoms with E-state index in [1.807, 2.05) is 18.2 Å². The maximum atomic E-state index is 11.2. The van der Waals surface area contributed by atoms with Crippen LogP contribution in [0.1, 0.15) is 103 Å². The summed E-state index contributed by atoms with van der Waals surface area (Å²) in [7, 11) is 10.9. The van der Waals surface area contributed by atoms with Gasteiger partial charge >= 0.3 is 5.97 Å². The van der Waals surface area contributed by atoms with Crippen molar-refractivity contribution < 1.29 is 66.4 Å². The summed E-state index contributed by atoms with van der Waals surface area (Å²) in [6.07, 6.45) is 20.6. The summed E-state index contributed by atoms with van der Waals surface area (Å²) >= 11 is 0. The van der Waals surface area contributed by atoms with E-state index in [0.29, 0.717) is 157 Å². The van der Waals surface area contributed by atoms with Crippen LogP contribution in [0.3, 0.4) is 0 Å². The molecule has 676 valence electrons. The van der Waals surface area contributed by atoms with Gasteiger partial charge < -0.3 is 61.6 Å². The Balaban J connectivity index is 0.000000131. The fourth-order valence-electron chi connectivity index (χ4n) is 17.1. The Kier molecular flexibility index (Phi) is 41.0. The Morgan fingerprint density at radius 1 is 0.213 bits per heavy atom. The second-order valence-electron chi connectivity index (χ2n) is 32.1. The molecular formula is C107H134O14S6+6. The SMILES string of the molecule is CC(=O)Oc1ccc([S+]2CCCCC2)c2ccccc12.COCCOCCOc1ccc([S+]2CCCC2)c2ccccc12.COCCOCCOc1ccc([S+]2CCCCC2)c2ccccc12.COCCOc1ccc([S+]2CCCC2)c2ccccc12.COCCOc1ccc([S+]2CCCCC2)c2ccccc12.COCOc1ccc([S+]2CCCC2)c2ccccc12. The van der Waals surface area contributed by atoms with Gasteiger partial charge in [-0.2, -0.15) is 0 Å². The van der Waals surface area contributed by atoms with Gasteiger partial charge in [-0.25, -0.2) is 0 Å². The molecule has 12 aromatic carbocycles. The normalized spacial score (nSPS) is 15.9. The van der Waals surface area contributed by atoms with E-state index in [0.717, 1.165) is 34.1 Å². The number of benzene rings is 12. The van der Waals surface area contributed by atoms with Crippen molar-refractivity contribution in [2.24, 2.45) is 0 Å². The van der Waals surface area contributed by atoms with Crippen LogP contribution in [0.25, 0.3) is 64.6 Å². The molecule has 0 amide bonds. The molecule has 12 aromatic rings. The third-order valence-corrected chi connectivity index (χ3v) is 38.6. The smallest absolute Gasteiger partial charge is 0.308 e. The first-order chi connectivity index (χ1) is 62.7. The first kappa shape index (κ1) is 97.0. The molecular weight excluding hydrogens is 1700 g/mol. The lowest BCUT2D eigenvalue weighted by molar-refractivity contribution is -0.131. The van der Waals surface area contributed by atoms with Crippen LogP contribution < -0.4 is 28.4 Å². The third-order valence-electron chi connectivity index (χ3n) is 23.4. The van der Waals surface area contributed by atoms with Gasteiger partial charge in [-0.3, -0.25) is 4.79 Å². The second kappa shape index (κ2) is 53.7. The van der Waals surface area contributed by atoms with Crippen molar-refractivity contribution >= 4 is 136 Å². The molecule has 0 aliphatic carbocycles. The van der Waals surface area contributed by atoms with Gasteiger partial charge in [0.15, 0.2) is 36.2 Å². The zero-order valence-electron chi connectivity index (χ0n) is 75.7. The monoisotopic (exact) mass is 1830 g/mol. The first-order valence-electron chi connectivity index (χ1n) is 45.8. The van der Waals surface area contributed by atoms with Crippen LogP contribution in [0.4, 0.5) is 0 Å². The predicted octanol–water partition coefficient (Wildman–Crippen LogP) is 22.9. The highest BCUT2D eigenvalue weighted by Gasteiger charge is 2.35. The largest absolute Gasteiger partial charge is 0.491 e. The highest BCUT2D eigenvalue weighted by atomic mass is 32.2. The second-order valence-corrected chi connectivity index (χ2v) is 45.5. The topological polar surface area (TPSA) is 137 Å². The van der Waals surface area contributed by atoms with Gasteiger partial charge in [0.1, 0.15) is 130 Å². The molecule has 14 nitrogen and oxygen atoms in total. The Hall–Kier alpha value is -7.51. The van der Waals surface area contributed by atoms with Crippen molar-refractivity contribution in [3.05, 3.63) is 218 Å². The van der Waals surface area contributed by atoms with Crippen molar-refractivity contribution in [3.8, 4) is 34.5 Å². The van der Waals surface area contributed by atoms with Gasteiger partial charge in [0, 0.05) is 172 Å². The third kappa shape index (κ3) is 28.0. The molecule has 20 heteroatoms. The number of hydrogen-bond donors (Lipinski definition) is 0. The van der Waals surface area contributed by atoms with Gasteiger partial charge in [0.05, 0.1) is 52.9 Å². The predicted molar refractivity (Wildman–Crippen MR) is 540 cm³/mol. The standard InChI is InChI=1S/C20H27O3S.C19H25O3S.C18H23O2S.C17H19O2S.C17H21O2S.C16H19O2S/c1-21-11-12-22-13-14-23-19-9-10-20(24-15-5-2-6-16-24)18-8-4-3-7-17(18)19;1-20-10-11-21-12-13-22-18-8-9-19(23-14-4-5-15-23)17-7-3-2-6-16(17)18;1-19-11-12-20-17-9-10-18(21-13-5-2-6-14-21)16-8-4-3-7-15(16)17;1-13(18)19-16-9-10-17(20-11-5-2-6-12-20)15-8-4-3-7-14(15)16;1-18-10-11-19-16-8-9-17(20-12-4-5-13-20)15-7-3-2-6-14(15)16;1-17-12-18-15-8-9-16(19-10-4-5-11-19)14-7-3-2-6-13(14)15/h3-4,7-10H,2,5-6,11-16H2,1H3;2-3,6-9H,4-5,10-15H2,1H3;3-4,7-10H,2,5-6,11-14H2,1H3;3-4,7-10H,2,5-6,11-12H2,1H3;2-3,6-9H,4-5,10-13H2,1H3;2-3,6-9H,4-5,10-12H2,1H3/q6*+1. The van der Waals surface area contributed by atoms with Crippen LogP contribution in [-0.2, 0) is 103 Å². The van der Waals surface area contributed by atoms with E-state index in [-0.39, 0.29) is 5.97 Å². The summed E-state index contributed by atoms with van der Waals surface area (Å²) in [5.41, 5.74) is 0. The average Bonchev–Trinajstić information content (AvgIpc) is 1.08. The molecule has 0 atom stereocenters. The Labute approximate surface area is 772 Å². The van der Waals surface area contributed by atoms with Crippen LogP contribution in [0.2, 0.25) is 0 Å². The number of ether oxygens (including phenoxy) is 13. The van der Waals surface area contributed by atoms with E-state index < -0.39 is 0 Å². The molecule has 0 bridgehead atoms. The molecule has 0 spiro atoms. The summed E-state index contributed by atoms with van der Waals surface area (Å²) < 4.78 is 70.7. The number of rotatable bonds is 32. The molecule has 6 aliphatic heterocycles. The van der Waals surface area contributed by atoms with Gasteiger partial charge in [0.2, 0.25) is 0 Å². The van der Waals surface area contributed by atoms with Crippen molar-refractivity contribution in [3.63, 3.8) is 0 Å². The van der Waals surface area contributed by atoms with Crippen molar-refractivity contribution in [1.82, 2.24) is 0 Å². The summed E-state index contributed by atoms with van der Waals surface area (Å²) in [5, 5.41) is 15.2. The van der Waals surface area contributed by atoms with E-state index >= 15 is 0 Å². The number of carbonyl (C=O) groups is 1. The summed E-state index contributed by atoms with van der Waals surface area (Å²) in [5.74, 6) is 21.3. The van der Waals surface area contributed by atoms with Gasteiger partial charge in [0.25, 0.3) is 0 Å². The van der Waals surface area contributed by atoms with Crippen LogP contribution in [0.5, 0.6) is 34.5 Å². The van der Waals surface area contributed by atoms with Crippen molar-refractivity contribution in [1.29, 1.82) is 0 Å². The number of hydrogen-bond acceptors (Lipinski definition) is 14. The number of esters is 1. The first-order valence-corrected chi connectivity index (χ1v) is 55.2. The fraction of sp³-hybridized carbons (Fsp3) is 0.430. The zero-order valence-corrected chi connectivity index (χ0v) is 80.6. The van der Waals surface area contributed by atoms with E-state index in [1.165, 1.54) is 261 Å². The lowest BCUT2D eigenvalue weighted by Gasteiger charge is -2.16. The highest BCUT2D eigenvalue weighted by Crippen LogP contribution is 2.42.